The minimum Gasteiger partial charge on any atom is -0.497 e. The van der Waals surface area contributed by atoms with Crippen LogP contribution in [-0.4, -0.2) is 51.8 Å². The van der Waals surface area contributed by atoms with Crippen molar-refractivity contribution in [3.05, 3.63) is 132 Å². The molecule has 10 heteroatoms. The maximum Gasteiger partial charge on any atom is 0.330 e. The van der Waals surface area contributed by atoms with Crippen molar-refractivity contribution in [3.8, 4) is 5.75 Å². The zero-order valence-electron chi connectivity index (χ0n) is 20.9. The Labute approximate surface area is 237 Å². The van der Waals surface area contributed by atoms with Crippen LogP contribution in [0.2, 0.25) is 0 Å². The number of ether oxygens (including phenoxy) is 3. The lowest BCUT2D eigenvalue weighted by molar-refractivity contribution is -0.0959. The number of aromatic amines is 1. The summed E-state index contributed by atoms with van der Waals surface area (Å²) in [6, 6.07) is 26.9. The number of nitrogens with zero attached hydrogens (tertiary/aromatic N) is 1. The molecule has 3 aromatic carbocycles. The summed E-state index contributed by atoms with van der Waals surface area (Å²) in [6.07, 6.45) is -3.68. The first-order valence-electron chi connectivity index (χ1n) is 12.3. The molecule has 1 saturated heterocycles. The average Bonchev–Trinajstić information content (AvgIpc) is 3.25. The van der Waals surface area contributed by atoms with Crippen LogP contribution in [0, 0.1) is 3.57 Å². The van der Waals surface area contributed by atoms with Gasteiger partial charge in [-0.2, -0.15) is 0 Å². The highest BCUT2D eigenvalue weighted by Gasteiger charge is 2.46. The number of nitrogens with one attached hydrogen (secondary N) is 1. The molecule has 5 rings (SSSR count). The average molecular weight is 642 g/mol. The van der Waals surface area contributed by atoms with E-state index < -0.39 is 41.4 Å². The molecule has 2 heterocycles. The van der Waals surface area contributed by atoms with Crippen LogP contribution in [0.5, 0.6) is 5.75 Å². The largest absolute Gasteiger partial charge is 0.497 e. The van der Waals surface area contributed by atoms with Crippen molar-refractivity contribution >= 4 is 22.6 Å². The van der Waals surface area contributed by atoms with E-state index in [-0.39, 0.29) is 10.2 Å². The predicted octanol–water partition coefficient (Wildman–Crippen LogP) is 2.78. The van der Waals surface area contributed by atoms with Crippen molar-refractivity contribution in [2.24, 2.45) is 0 Å². The van der Waals surface area contributed by atoms with Gasteiger partial charge in [-0.1, -0.05) is 72.8 Å². The molecule has 1 aromatic heterocycles. The van der Waals surface area contributed by atoms with Crippen molar-refractivity contribution in [3.63, 3.8) is 0 Å². The van der Waals surface area contributed by atoms with E-state index in [9.17, 15) is 19.8 Å². The Morgan fingerprint density at radius 1 is 0.897 bits per heavy atom. The van der Waals surface area contributed by atoms with Gasteiger partial charge in [-0.3, -0.25) is 14.3 Å². The standard InChI is InChI=1S/C29H27IN2O7/c1-37-21-14-12-20(13-15-21)29(18-8-4-2-5-9-18,19-10-6-3-7-11-19)38-17-23-24(33)25(34)27(39-23)32-16-22(30)26(35)31-28(32)36/h2-16,23-25,27,33-34H,17H2,1H3,(H,31,35,36)/t23-,24-,25-,27-/m1/s1. The van der Waals surface area contributed by atoms with E-state index in [1.165, 1.54) is 6.20 Å². The third-order valence-electron chi connectivity index (χ3n) is 6.86. The second-order valence-electron chi connectivity index (χ2n) is 9.14. The number of H-pyrrole nitrogens is 1. The topological polar surface area (TPSA) is 123 Å². The van der Waals surface area contributed by atoms with Gasteiger partial charge in [0.05, 0.1) is 17.3 Å². The lowest BCUT2D eigenvalue weighted by Crippen LogP contribution is -2.40. The number of methoxy groups -OCH3 is 1. The van der Waals surface area contributed by atoms with Crippen LogP contribution in [0.15, 0.2) is 101 Å². The number of hydrogen-bond acceptors (Lipinski definition) is 7. The van der Waals surface area contributed by atoms with Crippen molar-refractivity contribution in [2.75, 3.05) is 13.7 Å². The van der Waals surface area contributed by atoms with Crippen molar-refractivity contribution in [2.45, 2.75) is 30.1 Å². The summed E-state index contributed by atoms with van der Waals surface area (Å²) in [5.41, 5.74) is 0.107. The highest BCUT2D eigenvalue weighted by molar-refractivity contribution is 14.1. The maximum atomic E-state index is 12.5. The third kappa shape index (κ3) is 5.18. The summed E-state index contributed by atoms with van der Waals surface area (Å²) in [5.74, 6) is 0.690. The van der Waals surface area contributed by atoms with Gasteiger partial charge in [0, 0.05) is 6.20 Å². The highest BCUT2D eigenvalue weighted by Crippen LogP contribution is 2.42. The van der Waals surface area contributed by atoms with Crippen LogP contribution < -0.4 is 16.0 Å². The molecule has 4 aromatic rings. The second kappa shape index (κ2) is 11.4. The monoisotopic (exact) mass is 642 g/mol. The van der Waals surface area contributed by atoms with Gasteiger partial charge in [0.25, 0.3) is 5.56 Å². The number of aliphatic hydroxyl groups is 2. The van der Waals surface area contributed by atoms with Gasteiger partial charge in [0.15, 0.2) is 6.23 Å². The maximum absolute atomic E-state index is 12.5. The Morgan fingerprint density at radius 2 is 1.46 bits per heavy atom. The number of rotatable bonds is 8. The molecule has 1 fully saturated rings. The fraction of sp³-hybridized carbons (Fsp3) is 0.241. The van der Waals surface area contributed by atoms with Crippen LogP contribution in [0.25, 0.3) is 0 Å². The molecule has 202 valence electrons. The molecule has 1 aliphatic rings. The number of halogens is 1. The minimum atomic E-state index is -1.43. The molecular weight excluding hydrogens is 615 g/mol. The molecule has 39 heavy (non-hydrogen) atoms. The molecule has 0 bridgehead atoms. The fourth-order valence-electron chi connectivity index (χ4n) is 4.88. The summed E-state index contributed by atoms with van der Waals surface area (Å²) in [5, 5.41) is 21.7. The van der Waals surface area contributed by atoms with Crippen molar-refractivity contribution in [1.82, 2.24) is 9.55 Å². The fourth-order valence-corrected chi connectivity index (χ4v) is 5.31. The molecule has 0 amide bonds. The quantitative estimate of drug-likeness (QED) is 0.200. The van der Waals surface area contributed by atoms with E-state index in [4.69, 9.17) is 14.2 Å². The van der Waals surface area contributed by atoms with E-state index in [0.29, 0.717) is 5.75 Å². The first kappa shape index (κ1) is 27.3. The van der Waals surface area contributed by atoms with E-state index in [2.05, 4.69) is 4.98 Å². The molecular formula is C29H27IN2O7. The van der Waals surface area contributed by atoms with Gasteiger partial charge in [0.2, 0.25) is 0 Å². The van der Waals surface area contributed by atoms with Crippen LogP contribution in [0.3, 0.4) is 0 Å². The number of aliphatic hydroxyl groups excluding tert-OH is 2. The van der Waals surface area contributed by atoms with E-state index in [1.54, 1.807) is 29.7 Å². The molecule has 0 spiro atoms. The van der Waals surface area contributed by atoms with Crippen LogP contribution in [0.4, 0.5) is 0 Å². The SMILES string of the molecule is COc1ccc(C(OC[C@H]2O[C@@H](n3cc(I)c(=O)[nH]c3=O)[C@H](O)[C@@H]2O)(c2ccccc2)c2ccccc2)cc1. The zero-order chi connectivity index (χ0) is 27.6. The first-order chi connectivity index (χ1) is 18.8. The van der Waals surface area contributed by atoms with Crippen molar-refractivity contribution < 1.29 is 24.4 Å². The number of benzene rings is 3. The molecule has 1 aliphatic heterocycles. The van der Waals surface area contributed by atoms with Crippen LogP contribution >= 0.6 is 22.6 Å². The molecule has 3 N–H and O–H groups in total. The van der Waals surface area contributed by atoms with E-state index >= 15 is 0 Å². The summed E-state index contributed by atoms with van der Waals surface area (Å²) in [6.45, 7) is -0.125. The first-order valence-corrected chi connectivity index (χ1v) is 13.3. The molecule has 0 radical (unpaired) electrons. The lowest BCUT2D eigenvalue weighted by Gasteiger charge is -2.37. The summed E-state index contributed by atoms with van der Waals surface area (Å²) in [7, 11) is 1.60. The summed E-state index contributed by atoms with van der Waals surface area (Å²) < 4.78 is 19.4. The number of hydrogen-bond donors (Lipinski definition) is 3. The van der Waals surface area contributed by atoms with Gasteiger partial charge < -0.3 is 24.4 Å². The second-order valence-corrected chi connectivity index (χ2v) is 10.3. The lowest BCUT2D eigenvalue weighted by atomic mass is 9.80. The smallest absolute Gasteiger partial charge is 0.330 e. The molecule has 4 atom stereocenters. The van der Waals surface area contributed by atoms with Gasteiger partial charge in [-0.15, -0.1) is 0 Å². The van der Waals surface area contributed by atoms with Gasteiger partial charge in [0.1, 0.15) is 29.7 Å². The van der Waals surface area contributed by atoms with Gasteiger partial charge in [-0.05, 0) is 51.4 Å². The van der Waals surface area contributed by atoms with Gasteiger partial charge in [-0.25, -0.2) is 4.79 Å². The Kier molecular flexibility index (Phi) is 8.01. The van der Waals surface area contributed by atoms with Crippen LogP contribution in [0.1, 0.15) is 22.9 Å². The third-order valence-corrected chi connectivity index (χ3v) is 7.63. The van der Waals surface area contributed by atoms with Crippen LogP contribution in [-0.2, 0) is 15.1 Å². The Hall–Kier alpha value is -3.29. The normalized spacial score (nSPS) is 21.1. The Balaban J connectivity index is 1.54. The zero-order valence-corrected chi connectivity index (χ0v) is 23.1. The minimum absolute atomic E-state index is 0.125. The molecule has 9 nitrogen and oxygen atoms in total. The Morgan fingerprint density at radius 3 is 2.03 bits per heavy atom. The molecule has 0 saturated carbocycles. The summed E-state index contributed by atoms with van der Waals surface area (Å²) in [4.78, 5) is 26.5. The van der Waals surface area contributed by atoms with E-state index in [1.807, 2.05) is 84.9 Å². The van der Waals surface area contributed by atoms with Crippen molar-refractivity contribution in [1.29, 1.82) is 0 Å². The van der Waals surface area contributed by atoms with E-state index in [0.717, 1.165) is 21.3 Å². The molecule has 0 unspecified atom stereocenters. The number of aromatic nitrogens is 2. The Bertz CT molecular complexity index is 1480. The highest BCUT2D eigenvalue weighted by atomic mass is 127. The summed E-state index contributed by atoms with van der Waals surface area (Å²) >= 11 is 1.79. The van der Waals surface area contributed by atoms with Gasteiger partial charge >= 0.3 is 5.69 Å². The predicted molar refractivity (Wildman–Crippen MR) is 152 cm³/mol. The molecule has 0 aliphatic carbocycles.